The topological polar surface area (TPSA) is 62.1 Å². The molecule has 0 spiro atoms. The lowest BCUT2D eigenvalue weighted by Gasteiger charge is -2.15. The van der Waals surface area contributed by atoms with Crippen LogP contribution in [0.1, 0.15) is 12.5 Å². The number of halogens is 2. The number of para-hydroxylation sites is 1. The number of ether oxygens (including phenoxy) is 1. The van der Waals surface area contributed by atoms with Gasteiger partial charge < -0.3 is 9.84 Å². The van der Waals surface area contributed by atoms with E-state index in [4.69, 9.17) is 16.3 Å². The summed E-state index contributed by atoms with van der Waals surface area (Å²) in [7, 11) is 0. The second kappa shape index (κ2) is 9.60. The van der Waals surface area contributed by atoms with Crippen LogP contribution in [-0.2, 0) is 9.53 Å². The summed E-state index contributed by atoms with van der Waals surface area (Å²) in [6, 6.07) is 12.7. The van der Waals surface area contributed by atoms with E-state index in [1.165, 1.54) is 11.8 Å². The van der Waals surface area contributed by atoms with Crippen LogP contribution in [0.25, 0.3) is 6.08 Å². The quantitative estimate of drug-likeness (QED) is 0.440. The number of nitrogens with zero attached hydrogens (tertiary/aromatic N) is 2. The van der Waals surface area contributed by atoms with Crippen molar-refractivity contribution in [2.24, 2.45) is 4.99 Å². The van der Waals surface area contributed by atoms with E-state index in [1.54, 1.807) is 23.1 Å². The predicted molar refractivity (Wildman–Crippen MR) is 118 cm³/mol. The third-order valence-electron chi connectivity index (χ3n) is 3.88. The molecule has 8 heteroatoms. The third kappa shape index (κ3) is 4.97. The molecule has 0 saturated carbocycles. The molecule has 1 amide bonds. The number of aliphatic imine (C=N–C) groups is 1. The molecule has 0 aromatic heterocycles. The van der Waals surface area contributed by atoms with Gasteiger partial charge in [-0.3, -0.25) is 9.69 Å². The highest BCUT2D eigenvalue weighted by Gasteiger charge is 2.33. The molecular formula is C20H18BrClN2O3S. The molecule has 0 atom stereocenters. The average molecular weight is 482 g/mol. The monoisotopic (exact) mass is 480 g/mol. The summed E-state index contributed by atoms with van der Waals surface area (Å²) in [5.41, 5.74) is 1.22. The van der Waals surface area contributed by atoms with Gasteiger partial charge >= 0.3 is 0 Å². The zero-order valence-corrected chi connectivity index (χ0v) is 18.2. The molecule has 1 fully saturated rings. The number of carbonyl (C=O) groups excluding carboxylic acids is 1. The summed E-state index contributed by atoms with van der Waals surface area (Å²) in [6.07, 6.45) is 1.63. The molecule has 0 radical (unpaired) electrons. The first-order chi connectivity index (χ1) is 13.5. The second-order valence-corrected chi connectivity index (χ2v) is 8.12. The van der Waals surface area contributed by atoms with Crippen molar-refractivity contribution in [1.82, 2.24) is 4.90 Å². The van der Waals surface area contributed by atoms with Crippen LogP contribution in [0.4, 0.5) is 5.69 Å². The predicted octanol–water partition coefficient (Wildman–Crippen LogP) is 5.45. The Hall–Kier alpha value is -1.80. The molecule has 3 rings (SSSR count). The number of hydrogen-bond donors (Lipinski definition) is 1. The van der Waals surface area contributed by atoms with Crippen molar-refractivity contribution < 1.29 is 14.6 Å². The van der Waals surface area contributed by atoms with Gasteiger partial charge in [0.05, 0.1) is 28.2 Å². The highest BCUT2D eigenvalue weighted by molar-refractivity contribution is 9.10. The Morgan fingerprint density at radius 3 is 2.79 bits per heavy atom. The highest BCUT2D eigenvalue weighted by Crippen LogP contribution is 2.38. The zero-order chi connectivity index (χ0) is 20.1. The molecule has 28 heavy (non-hydrogen) atoms. The normalized spacial score (nSPS) is 17.1. The molecule has 2 aromatic rings. The van der Waals surface area contributed by atoms with Gasteiger partial charge in [-0.2, -0.15) is 0 Å². The summed E-state index contributed by atoms with van der Waals surface area (Å²) in [6.45, 7) is 3.30. The number of thioether (sulfide) groups is 1. The molecular weight excluding hydrogens is 464 g/mol. The summed E-state index contributed by atoms with van der Waals surface area (Å²) >= 11 is 10.6. The maximum absolute atomic E-state index is 13.0. The van der Waals surface area contributed by atoms with Crippen LogP contribution in [0.2, 0.25) is 5.02 Å². The molecule has 1 heterocycles. The van der Waals surface area contributed by atoms with Crippen LogP contribution >= 0.6 is 39.3 Å². The van der Waals surface area contributed by atoms with Crippen LogP contribution in [0.15, 0.2) is 56.8 Å². The van der Waals surface area contributed by atoms with E-state index in [2.05, 4.69) is 20.9 Å². The van der Waals surface area contributed by atoms with Crippen molar-refractivity contribution >= 4 is 62.1 Å². The Balaban J connectivity index is 1.96. The number of hydrogen-bond acceptors (Lipinski definition) is 5. The van der Waals surface area contributed by atoms with Crippen molar-refractivity contribution in [2.75, 3.05) is 19.8 Å². The fourth-order valence-electron chi connectivity index (χ4n) is 2.54. The molecule has 1 saturated heterocycles. The van der Waals surface area contributed by atoms with Crippen molar-refractivity contribution in [3.8, 4) is 5.75 Å². The Morgan fingerprint density at radius 2 is 2.07 bits per heavy atom. The lowest BCUT2D eigenvalue weighted by molar-refractivity contribution is -0.122. The Morgan fingerprint density at radius 1 is 1.32 bits per heavy atom. The minimum absolute atomic E-state index is 0.0274. The molecule has 146 valence electrons. The van der Waals surface area contributed by atoms with E-state index in [0.717, 1.165) is 5.69 Å². The van der Waals surface area contributed by atoms with Gasteiger partial charge in [-0.15, -0.1) is 0 Å². The minimum atomic E-state index is -0.185. The second-order valence-electron chi connectivity index (χ2n) is 5.82. The van der Waals surface area contributed by atoms with Gasteiger partial charge in [-0.1, -0.05) is 29.8 Å². The number of carbonyl (C=O) groups is 1. The number of phenols is 1. The number of amides is 1. The Kier molecular flexibility index (Phi) is 7.18. The van der Waals surface area contributed by atoms with E-state index >= 15 is 0 Å². The lowest BCUT2D eigenvalue weighted by Crippen LogP contribution is -2.32. The highest BCUT2D eigenvalue weighted by atomic mass is 79.9. The summed E-state index contributed by atoms with van der Waals surface area (Å²) in [5, 5.41) is 11.3. The Bertz CT molecular complexity index is 935. The molecule has 5 nitrogen and oxygen atoms in total. The zero-order valence-electron chi connectivity index (χ0n) is 15.1. The first kappa shape index (κ1) is 20.9. The SMILES string of the molecule is CCOCCN1C(=O)/C(=C/c2cc(Cl)cc(Br)c2O)SC1=Nc1ccccc1. The average Bonchev–Trinajstić information content (AvgIpc) is 2.95. The van der Waals surface area contributed by atoms with Crippen LogP contribution in [0.3, 0.4) is 0 Å². The molecule has 1 aliphatic heterocycles. The van der Waals surface area contributed by atoms with Gasteiger partial charge in [0.1, 0.15) is 5.75 Å². The van der Waals surface area contributed by atoms with Crippen molar-refractivity contribution in [2.45, 2.75) is 6.92 Å². The number of phenolic OH excluding ortho intramolecular Hbond substituents is 1. The van der Waals surface area contributed by atoms with Crippen molar-refractivity contribution in [3.63, 3.8) is 0 Å². The van der Waals surface area contributed by atoms with Gasteiger partial charge in [0.25, 0.3) is 5.91 Å². The first-order valence-corrected chi connectivity index (χ1v) is 10.6. The third-order valence-corrected chi connectivity index (χ3v) is 5.71. The first-order valence-electron chi connectivity index (χ1n) is 8.60. The maximum atomic E-state index is 13.0. The largest absolute Gasteiger partial charge is 0.506 e. The smallest absolute Gasteiger partial charge is 0.266 e. The Labute approximate surface area is 181 Å². The van der Waals surface area contributed by atoms with E-state index in [1.807, 2.05) is 37.3 Å². The van der Waals surface area contributed by atoms with Gasteiger partial charge in [-0.25, -0.2) is 4.99 Å². The molecule has 0 bridgehead atoms. The van der Waals surface area contributed by atoms with Crippen LogP contribution in [0.5, 0.6) is 5.75 Å². The molecule has 1 N–H and O–H groups in total. The minimum Gasteiger partial charge on any atom is -0.506 e. The summed E-state index contributed by atoms with van der Waals surface area (Å²) in [4.78, 5) is 19.6. The van der Waals surface area contributed by atoms with Crippen molar-refractivity contribution in [3.05, 3.63) is 62.4 Å². The fraction of sp³-hybridized carbons (Fsp3) is 0.200. The van der Waals surface area contributed by atoms with E-state index in [9.17, 15) is 9.90 Å². The van der Waals surface area contributed by atoms with Gasteiger partial charge in [-0.05, 0) is 65.0 Å². The standard InChI is InChI=1S/C20H18BrClN2O3S/c1-2-27-9-8-24-19(26)17(11-13-10-14(22)12-16(21)18(13)25)28-20(24)23-15-6-4-3-5-7-15/h3-7,10-12,25H,2,8-9H2,1H3/b17-11-,23-20?. The number of aromatic hydroxyl groups is 1. The maximum Gasteiger partial charge on any atom is 0.266 e. The fourth-order valence-corrected chi connectivity index (χ4v) is 4.39. The number of rotatable bonds is 6. The van der Waals surface area contributed by atoms with E-state index in [-0.39, 0.29) is 11.7 Å². The lowest BCUT2D eigenvalue weighted by atomic mass is 10.2. The summed E-state index contributed by atoms with van der Waals surface area (Å²) in [5.74, 6) is -0.158. The van der Waals surface area contributed by atoms with Gasteiger partial charge in [0.15, 0.2) is 5.17 Å². The van der Waals surface area contributed by atoms with Gasteiger partial charge in [0, 0.05) is 17.2 Å². The van der Waals surface area contributed by atoms with Crippen LogP contribution < -0.4 is 0 Å². The molecule has 1 aliphatic rings. The summed E-state index contributed by atoms with van der Waals surface area (Å²) < 4.78 is 5.87. The molecule has 0 unspecified atom stereocenters. The van der Waals surface area contributed by atoms with E-state index < -0.39 is 0 Å². The number of benzene rings is 2. The van der Waals surface area contributed by atoms with Crippen LogP contribution in [-0.4, -0.2) is 40.8 Å². The molecule has 2 aromatic carbocycles. The van der Waals surface area contributed by atoms with Crippen LogP contribution in [0, 0.1) is 0 Å². The van der Waals surface area contributed by atoms with Gasteiger partial charge in [0.2, 0.25) is 0 Å². The molecule has 0 aliphatic carbocycles. The van der Waals surface area contributed by atoms with Crippen molar-refractivity contribution in [1.29, 1.82) is 0 Å². The van der Waals surface area contributed by atoms with E-state index in [0.29, 0.717) is 44.9 Å². The number of amidine groups is 1.